The van der Waals surface area contributed by atoms with Crippen molar-refractivity contribution in [3.05, 3.63) is 67.7 Å². The van der Waals surface area contributed by atoms with E-state index in [1.54, 1.807) is 12.1 Å². The van der Waals surface area contributed by atoms with Gasteiger partial charge in [0.1, 0.15) is 11.6 Å². The number of halogens is 3. The summed E-state index contributed by atoms with van der Waals surface area (Å²) in [4.78, 5) is 26.4. The van der Waals surface area contributed by atoms with Gasteiger partial charge < -0.3 is 4.74 Å². The summed E-state index contributed by atoms with van der Waals surface area (Å²) in [6.07, 6.45) is 1.63. The van der Waals surface area contributed by atoms with Gasteiger partial charge in [0.2, 0.25) is 0 Å². The molecular formula is C19H14BrClFNO3S. The van der Waals surface area contributed by atoms with E-state index in [2.05, 4.69) is 15.9 Å². The van der Waals surface area contributed by atoms with Crippen molar-refractivity contribution in [1.29, 1.82) is 0 Å². The maximum Gasteiger partial charge on any atom is 0.293 e. The van der Waals surface area contributed by atoms with E-state index in [4.69, 9.17) is 16.3 Å². The summed E-state index contributed by atoms with van der Waals surface area (Å²) in [7, 11) is 0. The molecule has 27 heavy (non-hydrogen) atoms. The third kappa shape index (κ3) is 4.54. The van der Waals surface area contributed by atoms with Crippen LogP contribution in [0.2, 0.25) is 5.02 Å². The van der Waals surface area contributed by atoms with E-state index in [1.807, 2.05) is 19.1 Å². The lowest BCUT2D eigenvalue weighted by atomic mass is 10.1. The first kappa shape index (κ1) is 19.9. The van der Waals surface area contributed by atoms with Crippen LogP contribution in [0.4, 0.5) is 9.18 Å². The third-order valence-corrected chi connectivity index (χ3v) is 5.53. The van der Waals surface area contributed by atoms with E-state index in [1.165, 1.54) is 12.1 Å². The van der Waals surface area contributed by atoms with E-state index < -0.39 is 17.0 Å². The van der Waals surface area contributed by atoms with Crippen molar-refractivity contribution in [3.8, 4) is 5.75 Å². The second-order valence-corrected chi connectivity index (χ2v) is 7.93. The number of benzene rings is 2. The molecule has 1 aliphatic heterocycles. The second-order valence-electron chi connectivity index (χ2n) is 5.62. The van der Waals surface area contributed by atoms with Gasteiger partial charge >= 0.3 is 0 Å². The molecule has 2 aromatic rings. The van der Waals surface area contributed by atoms with Crippen LogP contribution in [0, 0.1) is 5.82 Å². The van der Waals surface area contributed by atoms with E-state index in [0.717, 1.165) is 27.2 Å². The van der Waals surface area contributed by atoms with Gasteiger partial charge in [-0.25, -0.2) is 4.39 Å². The average Bonchev–Trinajstić information content (AvgIpc) is 2.87. The van der Waals surface area contributed by atoms with Crippen LogP contribution in [0.1, 0.15) is 18.1 Å². The Bertz CT molecular complexity index is 951. The van der Waals surface area contributed by atoms with Crippen molar-refractivity contribution >= 4 is 56.5 Å². The molecular weight excluding hydrogens is 457 g/mol. The molecule has 140 valence electrons. The van der Waals surface area contributed by atoms with Gasteiger partial charge in [-0.15, -0.1) is 0 Å². The molecule has 1 fully saturated rings. The molecule has 4 nitrogen and oxygen atoms in total. The first-order valence-electron chi connectivity index (χ1n) is 8.00. The van der Waals surface area contributed by atoms with Crippen LogP contribution in [0.25, 0.3) is 6.08 Å². The highest BCUT2D eigenvalue weighted by Gasteiger charge is 2.35. The van der Waals surface area contributed by atoms with Crippen LogP contribution in [-0.2, 0) is 11.3 Å². The highest BCUT2D eigenvalue weighted by Crippen LogP contribution is 2.36. The number of carbonyl (C=O) groups excluding carboxylic acids is 2. The SMILES string of the molecule is CCOc1ccc(Br)cc1/C=C1\SC(=O)N(Cc2ccc(F)cc2Cl)C1=O. The minimum Gasteiger partial charge on any atom is -0.493 e. The Morgan fingerprint density at radius 3 is 2.74 bits per heavy atom. The zero-order chi connectivity index (χ0) is 19.6. The minimum absolute atomic E-state index is 0.0160. The summed E-state index contributed by atoms with van der Waals surface area (Å²) in [5.74, 6) is -0.280. The Labute approximate surface area is 173 Å². The second kappa shape index (κ2) is 8.46. The predicted octanol–water partition coefficient (Wildman–Crippen LogP) is 5.88. The molecule has 2 aromatic carbocycles. The van der Waals surface area contributed by atoms with Crippen molar-refractivity contribution in [2.45, 2.75) is 13.5 Å². The summed E-state index contributed by atoms with van der Waals surface area (Å²) in [5.41, 5.74) is 1.19. The number of imide groups is 1. The minimum atomic E-state index is -0.476. The Morgan fingerprint density at radius 2 is 2.04 bits per heavy atom. The smallest absolute Gasteiger partial charge is 0.293 e. The van der Waals surface area contributed by atoms with Crippen molar-refractivity contribution in [2.24, 2.45) is 0 Å². The quantitative estimate of drug-likeness (QED) is 0.512. The summed E-state index contributed by atoms with van der Waals surface area (Å²) in [6.45, 7) is 2.33. The van der Waals surface area contributed by atoms with E-state index >= 15 is 0 Å². The number of thioether (sulfide) groups is 1. The molecule has 0 bridgehead atoms. The molecule has 2 amide bonds. The third-order valence-electron chi connectivity index (χ3n) is 3.78. The van der Waals surface area contributed by atoms with Crippen molar-refractivity contribution in [1.82, 2.24) is 4.90 Å². The normalized spacial score (nSPS) is 15.7. The standard InChI is InChI=1S/C19H14BrClFNO3S/c1-2-26-16-6-4-13(20)7-12(16)8-17-18(24)23(19(25)27-17)10-11-3-5-14(22)9-15(11)21/h3-9H,2,10H2,1H3/b17-8-. The Morgan fingerprint density at radius 1 is 1.26 bits per heavy atom. The van der Waals surface area contributed by atoms with Crippen LogP contribution in [0.15, 0.2) is 45.8 Å². The van der Waals surface area contributed by atoms with Gasteiger partial charge in [0.15, 0.2) is 0 Å². The number of hydrogen-bond acceptors (Lipinski definition) is 4. The maximum atomic E-state index is 13.2. The van der Waals surface area contributed by atoms with Gasteiger partial charge in [-0.3, -0.25) is 14.5 Å². The molecule has 0 N–H and O–H groups in total. The molecule has 0 atom stereocenters. The summed E-state index contributed by atoms with van der Waals surface area (Å²) in [6, 6.07) is 9.31. The molecule has 1 saturated heterocycles. The molecule has 0 radical (unpaired) electrons. The molecule has 0 saturated carbocycles. The monoisotopic (exact) mass is 469 g/mol. The average molecular weight is 471 g/mol. The zero-order valence-electron chi connectivity index (χ0n) is 14.2. The van der Waals surface area contributed by atoms with Gasteiger partial charge in [-0.05, 0) is 60.7 Å². The van der Waals surface area contributed by atoms with E-state index in [0.29, 0.717) is 23.5 Å². The lowest BCUT2D eigenvalue weighted by Gasteiger charge is -2.13. The van der Waals surface area contributed by atoms with E-state index in [-0.39, 0.29) is 16.5 Å². The molecule has 0 aromatic heterocycles. The summed E-state index contributed by atoms with van der Waals surface area (Å²) in [5, 5.41) is -0.233. The molecule has 0 spiro atoms. The molecule has 8 heteroatoms. The Balaban J connectivity index is 1.88. The highest BCUT2D eigenvalue weighted by molar-refractivity contribution is 9.10. The highest BCUT2D eigenvalue weighted by atomic mass is 79.9. The topological polar surface area (TPSA) is 46.6 Å². The largest absolute Gasteiger partial charge is 0.493 e. The molecule has 1 aliphatic rings. The number of amides is 2. The number of carbonyl (C=O) groups is 2. The number of rotatable bonds is 5. The van der Waals surface area contributed by atoms with Crippen molar-refractivity contribution in [2.75, 3.05) is 6.61 Å². The fraction of sp³-hybridized carbons (Fsp3) is 0.158. The number of nitrogens with zero attached hydrogens (tertiary/aromatic N) is 1. The molecule has 0 aliphatic carbocycles. The fourth-order valence-corrected chi connectivity index (χ4v) is 3.95. The Hall–Kier alpha value is -1.83. The predicted molar refractivity (Wildman–Crippen MR) is 108 cm³/mol. The summed E-state index contributed by atoms with van der Waals surface area (Å²) < 4.78 is 19.6. The van der Waals surface area contributed by atoms with Crippen molar-refractivity contribution in [3.63, 3.8) is 0 Å². The first-order chi connectivity index (χ1) is 12.9. The van der Waals surface area contributed by atoms with Crippen LogP contribution < -0.4 is 4.74 Å². The Kier molecular flexibility index (Phi) is 6.24. The van der Waals surface area contributed by atoms with Gasteiger partial charge in [0, 0.05) is 15.1 Å². The first-order valence-corrected chi connectivity index (χ1v) is 9.99. The van der Waals surface area contributed by atoms with Gasteiger partial charge in [0.25, 0.3) is 11.1 Å². The number of hydrogen-bond donors (Lipinski definition) is 0. The van der Waals surface area contributed by atoms with Crippen molar-refractivity contribution < 1.29 is 18.7 Å². The van der Waals surface area contributed by atoms with Gasteiger partial charge in [0.05, 0.1) is 18.1 Å². The lowest BCUT2D eigenvalue weighted by molar-refractivity contribution is -0.123. The van der Waals surface area contributed by atoms with Gasteiger partial charge in [-0.1, -0.05) is 33.6 Å². The zero-order valence-corrected chi connectivity index (χ0v) is 17.3. The molecule has 1 heterocycles. The molecule has 0 unspecified atom stereocenters. The van der Waals surface area contributed by atoms with Gasteiger partial charge in [-0.2, -0.15) is 0 Å². The van der Waals surface area contributed by atoms with Crippen LogP contribution >= 0.6 is 39.3 Å². The lowest BCUT2D eigenvalue weighted by Crippen LogP contribution is -2.27. The van der Waals surface area contributed by atoms with Crippen LogP contribution in [0.5, 0.6) is 5.75 Å². The van der Waals surface area contributed by atoms with Crippen LogP contribution in [-0.4, -0.2) is 22.7 Å². The summed E-state index contributed by atoms with van der Waals surface area (Å²) >= 11 is 10.3. The number of ether oxygens (including phenoxy) is 1. The molecule has 3 rings (SSSR count). The fourth-order valence-electron chi connectivity index (χ4n) is 2.52. The van der Waals surface area contributed by atoms with E-state index in [9.17, 15) is 14.0 Å². The van der Waals surface area contributed by atoms with Crippen LogP contribution in [0.3, 0.4) is 0 Å². The maximum absolute atomic E-state index is 13.2.